The Morgan fingerprint density at radius 3 is 2.38 bits per heavy atom. The quantitative estimate of drug-likeness (QED) is 0.693. The topological polar surface area (TPSA) is 63.3 Å². The maximum atomic E-state index is 11.1. The molecular weight excluding hydrogens is 166 g/mol. The van der Waals surface area contributed by atoms with Crippen molar-refractivity contribution >= 4 is 5.91 Å². The van der Waals surface area contributed by atoms with E-state index in [1.54, 1.807) is 0 Å². The summed E-state index contributed by atoms with van der Waals surface area (Å²) in [4.78, 5) is 11.1. The summed E-state index contributed by atoms with van der Waals surface area (Å²) in [5, 5.41) is 10.2. The average Bonchev–Trinajstić information content (AvgIpc) is 2.05. The number of carbonyl (C=O) groups is 1. The van der Waals surface area contributed by atoms with Gasteiger partial charge in [0.2, 0.25) is 5.91 Å². The van der Waals surface area contributed by atoms with Crippen LogP contribution in [0.5, 0.6) is 0 Å². The molecule has 3 nitrogen and oxygen atoms in total. The smallest absolute Gasteiger partial charge is 0.223 e. The first-order chi connectivity index (χ1) is 6.10. The zero-order valence-corrected chi connectivity index (χ0v) is 8.25. The van der Waals surface area contributed by atoms with Gasteiger partial charge in [-0.25, -0.2) is 0 Å². The van der Waals surface area contributed by atoms with Gasteiger partial charge < -0.3 is 10.8 Å². The number of carbonyl (C=O) groups excluding carboxylic acids is 1. The van der Waals surface area contributed by atoms with Crippen LogP contribution in [0.1, 0.15) is 45.4 Å². The number of primary amides is 1. The van der Waals surface area contributed by atoms with E-state index in [1.807, 2.05) is 6.92 Å². The summed E-state index contributed by atoms with van der Waals surface area (Å²) in [5.74, 6) is -0.709. The lowest BCUT2D eigenvalue weighted by molar-refractivity contribution is -0.134. The lowest BCUT2D eigenvalue weighted by Crippen LogP contribution is -2.46. The summed E-state index contributed by atoms with van der Waals surface area (Å²) < 4.78 is 0. The van der Waals surface area contributed by atoms with Crippen LogP contribution in [0, 0.1) is 5.92 Å². The van der Waals surface area contributed by atoms with Gasteiger partial charge in [-0.1, -0.05) is 26.2 Å². The maximum Gasteiger partial charge on any atom is 0.223 e. The van der Waals surface area contributed by atoms with E-state index < -0.39 is 5.60 Å². The van der Waals surface area contributed by atoms with Gasteiger partial charge in [0.15, 0.2) is 0 Å². The van der Waals surface area contributed by atoms with Gasteiger partial charge in [0.25, 0.3) is 0 Å². The zero-order chi connectivity index (χ0) is 9.90. The Kier molecular flexibility index (Phi) is 3.31. The van der Waals surface area contributed by atoms with Crippen molar-refractivity contribution in [2.75, 3.05) is 0 Å². The molecule has 1 rings (SSSR count). The molecule has 76 valence electrons. The third-order valence-electron chi connectivity index (χ3n) is 3.12. The van der Waals surface area contributed by atoms with Crippen LogP contribution in [-0.2, 0) is 4.79 Å². The third kappa shape index (κ3) is 2.21. The van der Waals surface area contributed by atoms with E-state index in [0.717, 1.165) is 32.1 Å². The molecule has 0 aromatic heterocycles. The number of nitrogens with two attached hydrogens (primary N) is 1. The van der Waals surface area contributed by atoms with Crippen LogP contribution in [0.25, 0.3) is 0 Å². The Morgan fingerprint density at radius 1 is 1.46 bits per heavy atom. The second-order valence-electron chi connectivity index (χ2n) is 4.03. The number of rotatable bonds is 3. The molecule has 1 saturated carbocycles. The standard InChI is InChI=1S/C10H19NO2/c1-2-8(9(11)12)10(13)6-4-3-5-7-10/h8,13H,2-7H2,1H3,(H2,11,12). The van der Waals surface area contributed by atoms with Gasteiger partial charge in [-0.2, -0.15) is 0 Å². The summed E-state index contributed by atoms with van der Waals surface area (Å²) in [6, 6.07) is 0. The minimum atomic E-state index is -0.807. The van der Waals surface area contributed by atoms with E-state index in [9.17, 15) is 9.90 Å². The van der Waals surface area contributed by atoms with Gasteiger partial charge >= 0.3 is 0 Å². The molecule has 0 saturated heterocycles. The Hall–Kier alpha value is -0.570. The van der Waals surface area contributed by atoms with Crippen molar-refractivity contribution in [2.24, 2.45) is 11.7 Å². The molecule has 0 spiro atoms. The maximum absolute atomic E-state index is 11.1. The van der Waals surface area contributed by atoms with Gasteiger partial charge in [0, 0.05) is 0 Å². The monoisotopic (exact) mass is 185 g/mol. The first-order valence-electron chi connectivity index (χ1n) is 5.12. The minimum Gasteiger partial charge on any atom is -0.389 e. The van der Waals surface area contributed by atoms with Crippen LogP contribution >= 0.6 is 0 Å². The predicted molar refractivity (Wildman–Crippen MR) is 51.0 cm³/mol. The van der Waals surface area contributed by atoms with Gasteiger partial charge in [-0.3, -0.25) is 4.79 Å². The molecular formula is C10H19NO2. The number of amides is 1. The van der Waals surface area contributed by atoms with Gasteiger partial charge in [0.1, 0.15) is 0 Å². The molecule has 0 aromatic carbocycles. The molecule has 0 aromatic rings. The van der Waals surface area contributed by atoms with Crippen molar-refractivity contribution in [3.8, 4) is 0 Å². The molecule has 1 fully saturated rings. The third-order valence-corrected chi connectivity index (χ3v) is 3.12. The van der Waals surface area contributed by atoms with Crippen molar-refractivity contribution in [3.63, 3.8) is 0 Å². The number of hydrogen-bond acceptors (Lipinski definition) is 2. The van der Waals surface area contributed by atoms with Gasteiger partial charge in [0.05, 0.1) is 11.5 Å². The zero-order valence-electron chi connectivity index (χ0n) is 8.25. The molecule has 1 unspecified atom stereocenters. The van der Waals surface area contributed by atoms with Crippen LogP contribution in [0.4, 0.5) is 0 Å². The fourth-order valence-corrected chi connectivity index (χ4v) is 2.36. The van der Waals surface area contributed by atoms with Crippen LogP contribution < -0.4 is 5.73 Å². The normalized spacial score (nSPS) is 23.8. The highest BCUT2D eigenvalue weighted by molar-refractivity contribution is 5.77. The van der Waals surface area contributed by atoms with E-state index in [4.69, 9.17) is 5.73 Å². The molecule has 1 aliphatic carbocycles. The van der Waals surface area contributed by atoms with Crippen molar-refractivity contribution in [1.29, 1.82) is 0 Å². The summed E-state index contributed by atoms with van der Waals surface area (Å²) in [5.41, 5.74) is 4.46. The highest BCUT2D eigenvalue weighted by atomic mass is 16.3. The summed E-state index contributed by atoms with van der Waals surface area (Å²) in [6.07, 6.45) is 5.30. The number of aliphatic hydroxyl groups is 1. The van der Waals surface area contributed by atoms with E-state index >= 15 is 0 Å². The first kappa shape index (κ1) is 10.5. The second kappa shape index (κ2) is 4.09. The minimum absolute atomic E-state index is 0.354. The highest BCUT2D eigenvalue weighted by Crippen LogP contribution is 2.35. The Balaban J connectivity index is 2.68. The average molecular weight is 185 g/mol. The summed E-state index contributed by atoms with van der Waals surface area (Å²) in [6.45, 7) is 1.90. The first-order valence-corrected chi connectivity index (χ1v) is 5.12. The van der Waals surface area contributed by atoms with Crippen LogP contribution in [-0.4, -0.2) is 16.6 Å². The number of hydrogen-bond donors (Lipinski definition) is 2. The van der Waals surface area contributed by atoms with E-state index in [1.165, 1.54) is 0 Å². The molecule has 3 heteroatoms. The van der Waals surface area contributed by atoms with E-state index in [0.29, 0.717) is 6.42 Å². The summed E-state index contributed by atoms with van der Waals surface area (Å²) >= 11 is 0. The molecule has 3 N–H and O–H groups in total. The largest absolute Gasteiger partial charge is 0.389 e. The molecule has 1 amide bonds. The lowest BCUT2D eigenvalue weighted by Gasteiger charge is -2.37. The predicted octanol–water partition coefficient (Wildman–Crippen LogP) is 1.19. The molecule has 0 radical (unpaired) electrons. The molecule has 1 atom stereocenters. The van der Waals surface area contributed by atoms with Crippen LogP contribution in [0.15, 0.2) is 0 Å². The lowest BCUT2D eigenvalue weighted by atomic mass is 9.74. The van der Waals surface area contributed by atoms with Crippen LogP contribution in [0.2, 0.25) is 0 Å². The van der Waals surface area contributed by atoms with Crippen molar-refractivity contribution in [1.82, 2.24) is 0 Å². The van der Waals surface area contributed by atoms with Crippen molar-refractivity contribution < 1.29 is 9.90 Å². The Labute approximate surface area is 79.3 Å². The molecule has 0 aliphatic heterocycles. The Bertz CT molecular complexity index is 185. The van der Waals surface area contributed by atoms with Gasteiger partial charge in [-0.15, -0.1) is 0 Å². The molecule has 0 heterocycles. The van der Waals surface area contributed by atoms with Crippen molar-refractivity contribution in [3.05, 3.63) is 0 Å². The SMILES string of the molecule is CCC(C(N)=O)C1(O)CCCCC1. The molecule has 1 aliphatic rings. The van der Waals surface area contributed by atoms with E-state index in [2.05, 4.69) is 0 Å². The summed E-state index contributed by atoms with van der Waals surface area (Å²) in [7, 11) is 0. The second-order valence-corrected chi connectivity index (χ2v) is 4.03. The molecule has 0 bridgehead atoms. The fraction of sp³-hybridized carbons (Fsp3) is 0.900. The highest BCUT2D eigenvalue weighted by Gasteiger charge is 2.39. The van der Waals surface area contributed by atoms with Gasteiger partial charge in [-0.05, 0) is 19.3 Å². The fourth-order valence-electron chi connectivity index (χ4n) is 2.36. The van der Waals surface area contributed by atoms with Crippen LogP contribution in [0.3, 0.4) is 0 Å². The molecule has 13 heavy (non-hydrogen) atoms. The van der Waals surface area contributed by atoms with Crippen molar-refractivity contribution in [2.45, 2.75) is 51.0 Å². The van der Waals surface area contributed by atoms with E-state index in [-0.39, 0.29) is 11.8 Å². The Morgan fingerprint density at radius 2 is 2.00 bits per heavy atom.